The number of fused-ring (bicyclic) bond motifs is 1. The van der Waals surface area contributed by atoms with E-state index in [0.29, 0.717) is 12.2 Å². The van der Waals surface area contributed by atoms with Gasteiger partial charge in [-0.15, -0.1) is 0 Å². The highest BCUT2D eigenvalue weighted by Gasteiger charge is 2.33. The topological polar surface area (TPSA) is 58.3 Å². The lowest BCUT2D eigenvalue weighted by molar-refractivity contribution is -0.137. The molecule has 2 atom stereocenters. The molecule has 1 aliphatic rings. The Morgan fingerprint density at radius 2 is 2.06 bits per heavy atom. The number of hydrogen-bond donors (Lipinski definition) is 3. The van der Waals surface area contributed by atoms with Crippen LogP contribution in [0, 0.1) is 0 Å². The first-order valence-corrected chi connectivity index (χ1v) is 4.78. The van der Waals surface area contributed by atoms with Crippen LogP contribution in [0.4, 0.5) is 18.9 Å². The molecule has 6 heteroatoms. The van der Waals surface area contributed by atoms with Crippen molar-refractivity contribution in [3.05, 3.63) is 29.3 Å². The summed E-state index contributed by atoms with van der Waals surface area (Å²) in [5.74, 6) is 0. The molecule has 0 spiro atoms. The monoisotopic (exact) mass is 232 g/mol. The summed E-state index contributed by atoms with van der Waals surface area (Å²) in [6, 6.07) is 2.64. The number of anilines is 1. The standard InChI is InChI=1S/C10H11F3N2O/c11-10(12,13)5-1-2-8-6(3-5)9(16)7(14)4-15-8/h1-3,7,9,15-16H,4,14H2/t7?,9-/m1/s1. The molecular formula is C10H11F3N2O. The quantitative estimate of drug-likeness (QED) is 0.635. The lowest BCUT2D eigenvalue weighted by atomic mass is 9.95. The van der Waals surface area contributed by atoms with Crippen molar-refractivity contribution in [1.82, 2.24) is 0 Å². The molecule has 0 aromatic heterocycles. The van der Waals surface area contributed by atoms with E-state index < -0.39 is 23.9 Å². The third kappa shape index (κ3) is 1.85. The van der Waals surface area contributed by atoms with E-state index in [9.17, 15) is 18.3 Å². The van der Waals surface area contributed by atoms with Crippen LogP contribution >= 0.6 is 0 Å². The summed E-state index contributed by atoms with van der Waals surface area (Å²) in [5.41, 5.74) is 5.49. The highest BCUT2D eigenvalue weighted by molar-refractivity contribution is 5.56. The van der Waals surface area contributed by atoms with Gasteiger partial charge < -0.3 is 16.2 Å². The molecule has 1 unspecified atom stereocenters. The molecular weight excluding hydrogens is 221 g/mol. The van der Waals surface area contributed by atoms with Gasteiger partial charge in [0.1, 0.15) is 0 Å². The summed E-state index contributed by atoms with van der Waals surface area (Å²) in [7, 11) is 0. The van der Waals surface area contributed by atoms with Gasteiger partial charge in [0.2, 0.25) is 0 Å². The zero-order chi connectivity index (χ0) is 11.9. The van der Waals surface area contributed by atoms with Gasteiger partial charge in [-0.05, 0) is 18.2 Å². The Hall–Kier alpha value is -1.27. The molecule has 0 saturated carbocycles. The summed E-state index contributed by atoms with van der Waals surface area (Å²) in [5, 5.41) is 12.6. The molecule has 1 aliphatic heterocycles. The maximum atomic E-state index is 12.4. The number of rotatable bonds is 0. The van der Waals surface area contributed by atoms with Crippen LogP contribution in [0.5, 0.6) is 0 Å². The van der Waals surface area contributed by atoms with Crippen LogP contribution in [0.25, 0.3) is 0 Å². The third-order valence-electron chi connectivity index (χ3n) is 2.63. The lowest BCUT2D eigenvalue weighted by Crippen LogP contribution is -2.39. The van der Waals surface area contributed by atoms with E-state index in [2.05, 4.69) is 5.32 Å². The van der Waals surface area contributed by atoms with E-state index in [1.807, 2.05) is 0 Å². The molecule has 0 fully saturated rings. The molecule has 3 nitrogen and oxygen atoms in total. The fraction of sp³-hybridized carbons (Fsp3) is 0.400. The largest absolute Gasteiger partial charge is 0.416 e. The first-order valence-electron chi connectivity index (χ1n) is 4.78. The Morgan fingerprint density at radius 3 is 2.69 bits per heavy atom. The Morgan fingerprint density at radius 1 is 1.38 bits per heavy atom. The Kier molecular flexibility index (Phi) is 2.55. The van der Waals surface area contributed by atoms with Crippen LogP contribution in [0.3, 0.4) is 0 Å². The first-order chi connectivity index (χ1) is 7.39. The molecule has 0 aliphatic carbocycles. The molecule has 1 aromatic rings. The molecule has 88 valence electrons. The lowest BCUT2D eigenvalue weighted by Gasteiger charge is -2.29. The van der Waals surface area contributed by atoms with Crippen LogP contribution in [0.15, 0.2) is 18.2 Å². The van der Waals surface area contributed by atoms with E-state index in [1.54, 1.807) is 0 Å². The van der Waals surface area contributed by atoms with Gasteiger partial charge in [0.05, 0.1) is 17.7 Å². The molecule has 1 aromatic carbocycles. The van der Waals surface area contributed by atoms with Crippen molar-refractivity contribution in [3.63, 3.8) is 0 Å². The fourth-order valence-electron chi connectivity index (χ4n) is 1.71. The highest BCUT2D eigenvalue weighted by Crippen LogP contribution is 2.36. The van der Waals surface area contributed by atoms with Gasteiger partial charge in [0.25, 0.3) is 0 Å². The smallest absolute Gasteiger partial charge is 0.387 e. The number of aliphatic hydroxyl groups is 1. The molecule has 0 saturated heterocycles. The van der Waals surface area contributed by atoms with Gasteiger partial charge >= 0.3 is 6.18 Å². The minimum atomic E-state index is -4.41. The van der Waals surface area contributed by atoms with Crippen molar-refractivity contribution in [2.24, 2.45) is 5.73 Å². The average Bonchev–Trinajstić information content (AvgIpc) is 2.22. The molecule has 0 radical (unpaired) electrons. The summed E-state index contributed by atoms with van der Waals surface area (Å²) >= 11 is 0. The predicted molar refractivity (Wildman–Crippen MR) is 52.9 cm³/mol. The molecule has 4 N–H and O–H groups in total. The van der Waals surface area contributed by atoms with Crippen molar-refractivity contribution in [2.75, 3.05) is 11.9 Å². The van der Waals surface area contributed by atoms with Crippen LogP contribution in [0.2, 0.25) is 0 Å². The fourth-order valence-corrected chi connectivity index (χ4v) is 1.71. The number of alkyl halides is 3. The molecule has 2 rings (SSSR count). The summed E-state index contributed by atoms with van der Waals surface area (Å²) in [6.07, 6.45) is -5.46. The number of benzene rings is 1. The van der Waals surface area contributed by atoms with E-state index in [0.717, 1.165) is 12.1 Å². The Balaban J connectivity index is 2.45. The normalized spacial score (nSPS) is 24.8. The molecule has 16 heavy (non-hydrogen) atoms. The zero-order valence-corrected chi connectivity index (χ0v) is 8.25. The van der Waals surface area contributed by atoms with E-state index in [1.165, 1.54) is 6.07 Å². The second-order valence-corrected chi connectivity index (χ2v) is 3.79. The minimum absolute atomic E-state index is 0.202. The van der Waals surface area contributed by atoms with Crippen molar-refractivity contribution in [1.29, 1.82) is 0 Å². The first kappa shape index (κ1) is 11.2. The maximum Gasteiger partial charge on any atom is 0.416 e. The summed E-state index contributed by atoms with van der Waals surface area (Å²) in [4.78, 5) is 0. The maximum absolute atomic E-state index is 12.4. The molecule has 0 bridgehead atoms. The van der Waals surface area contributed by atoms with Crippen molar-refractivity contribution in [2.45, 2.75) is 18.3 Å². The van der Waals surface area contributed by atoms with Crippen molar-refractivity contribution in [3.8, 4) is 0 Å². The zero-order valence-electron chi connectivity index (χ0n) is 8.25. The second-order valence-electron chi connectivity index (χ2n) is 3.79. The second kappa shape index (κ2) is 3.64. The van der Waals surface area contributed by atoms with Gasteiger partial charge in [-0.1, -0.05) is 0 Å². The van der Waals surface area contributed by atoms with Gasteiger partial charge in [-0.25, -0.2) is 0 Å². The highest BCUT2D eigenvalue weighted by atomic mass is 19.4. The Bertz CT molecular complexity index is 406. The van der Waals surface area contributed by atoms with Gasteiger partial charge in [-0.2, -0.15) is 13.2 Å². The van der Waals surface area contributed by atoms with Crippen molar-refractivity contribution >= 4 is 5.69 Å². The van der Waals surface area contributed by atoms with Crippen LogP contribution < -0.4 is 11.1 Å². The SMILES string of the molecule is NC1CNc2ccc(C(F)(F)F)cc2[C@H]1O. The van der Waals surface area contributed by atoms with Gasteiger partial charge in [0.15, 0.2) is 0 Å². The Labute approximate surface area is 90.1 Å². The number of nitrogens with one attached hydrogen (secondary N) is 1. The van der Waals surface area contributed by atoms with Gasteiger partial charge in [0, 0.05) is 17.8 Å². The van der Waals surface area contributed by atoms with E-state index >= 15 is 0 Å². The number of halogens is 3. The van der Waals surface area contributed by atoms with Crippen LogP contribution in [-0.4, -0.2) is 17.7 Å². The third-order valence-corrected chi connectivity index (χ3v) is 2.63. The predicted octanol–water partition coefficient (Wildman–Crippen LogP) is 1.49. The summed E-state index contributed by atoms with van der Waals surface area (Å²) in [6.45, 7) is 0.347. The van der Waals surface area contributed by atoms with Crippen LogP contribution in [0.1, 0.15) is 17.2 Å². The summed E-state index contributed by atoms with van der Waals surface area (Å²) < 4.78 is 37.3. The molecule has 0 amide bonds. The minimum Gasteiger partial charge on any atom is -0.387 e. The average molecular weight is 232 g/mol. The number of nitrogens with two attached hydrogens (primary N) is 1. The van der Waals surface area contributed by atoms with E-state index in [-0.39, 0.29) is 5.56 Å². The van der Waals surface area contributed by atoms with Crippen LogP contribution in [-0.2, 0) is 6.18 Å². The van der Waals surface area contributed by atoms with Gasteiger partial charge in [-0.3, -0.25) is 0 Å². The van der Waals surface area contributed by atoms with Crippen molar-refractivity contribution < 1.29 is 18.3 Å². The molecule has 1 heterocycles. The van der Waals surface area contributed by atoms with E-state index in [4.69, 9.17) is 5.73 Å². The number of aliphatic hydroxyl groups excluding tert-OH is 1. The number of hydrogen-bond acceptors (Lipinski definition) is 3.